The van der Waals surface area contributed by atoms with Crippen molar-refractivity contribution in [3.8, 4) is 22.6 Å². The van der Waals surface area contributed by atoms with E-state index in [4.69, 9.17) is 14.2 Å². The van der Waals surface area contributed by atoms with Crippen LogP contribution in [0.1, 0.15) is 50.7 Å². The minimum absolute atomic E-state index is 0.0826. The molecule has 1 unspecified atom stereocenters. The van der Waals surface area contributed by atoms with E-state index in [2.05, 4.69) is 0 Å². The summed E-state index contributed by atoms with van der Waals surface area (Å²) >= 11 is 0. The Balaban J connectivity index is 1.95. The minimum Gasteiger partial charge on any atom is -0.466 e. The van der Waals surface area contributed by atoms with Crippen molar-refractivity contribution in [2.75, 3.05) is 13.4 Å². The van der Waals surface area contributed by atoms with Gasteiger partial charge in [-0.05, 0) is 47.7 Å². The van der Waals surface area contributed by atoms with Gasteiger partial charge in [-0.15, -0.1) is 0 Å². The van der Waals surface area contributed by atoms with Crippen molar-refractivity contribution in [2.45, 2.75) is 45.6 Å². The molecule has 0 aliphatic carbocycles. The molecule has 1 atom stereocenters. The Hall–Kier alpha value is -3.19. The van der Waals surface area contributed by atoms with Crippen LogP contribution in [0.2, 0.25) is 0 Å². The van der Waals surface area contributed by atoms with Crippen LogP contribution in [-0.2, 0) is 14.3 Å². The molecule has 0 saturated heterocycles. The highest BCUT2D eigenvalue weighted by Gasteiger charge is 2.25. The molecular formula is C25H27FO6. The standard InChI is InChI=1S/C25H27FO6/c1-4-30-23(29)12-19(28)11-18(27)9-10-20-21(15(2)3)13-22-25(32-14-31-22)24(20)16-5-7-17(26)8-6-16/h5-10,13,15,18,27H,4,11-12,14H2,1-3H3/b10-9+. The summed E-state index contributed by atoms with van der Waals surface area (Å²) in [4.78, 5) is 23.5. The van der Waals surface area contributed by atoms with Gasteiger partial charge in [0.2, 0.25) is 6.79 Å². The third-order valence-corrected chi connectivity index (χ3v) is 5.06. The van der Waals surface area contributed by atoms with Crippen LogP contribution in [0.15, 0.2) is 36.4 Å². The maximum atomic E-state index is 13.5. The second-order valence-electron chi connectivity index (χ2n) is 7.80. The number of carbonyl (C=O) groups is 2. The Kier molecular flexibility index (Phi) is 7.64. The average molecular weight is 442 g/mol. The molecule has 2 aromatic carbocycles. The first-order valence-electron chi connectivity index (χ1n) is 10.6. The lowest BCUT2D eigenvalue weighted by molar-refractivity contribution is -0.145. The number of hydrogen-bond acceptors (Lipinski definition) is 6. The summed E-state index contributed by atoms with van der Waals surface area (Å²) < 4.78 is 29.6. The van der Waals surface area contributed by atoms with E-state index in [1.165, 1.54) is 18.2 Å². The number of ketones is 1. The molecule has 1 aliphatic heterocycles. The smallest absolute Gasteiger partial charge is 0.313 e. The number of esters is 1. The molecule has 3 rings (SSSR count). The van der Waals surface area contributed by atoms with Crippen LogP contribution in [0, 0.1) is 5.82 Å². The monoisotopic (exact) mass is 442 g/mol. The number of rotatable bonds is 9. The summed E-state index contributed by atoms with van der Waals surface area (Å²) in [6.07, 6.45) is 1.59. The molecule has 0 saturated carbocycles. The van der Waals surface area contributed by atoms with Crippen molar-refractivity contribution < 1.29 is 33.3 Å². The second kappa shape index (κ2) is 10.4. The Morgan fingerprint density at radius 1 is 1.22 bits per heavy atom. The van der Waals surface area contributed by atoms with Gasteiger partial charge >= 0.3 is 5.97 Å². The predicted octanol–water partition coefficient (Wildman–Crippen LogP) is 4.63. The van der Waals surface area contributed by atoms with Gasteiger partial charge in [-0.3, -0.25) is 9.59 Å². The lowest BCUT2D eigenvalue weighted by Gasteiger charge is -2.18. The van der Waals surface area contributed by atoms with Crippen LogP contribution in [0.4, 0.5) is 4.39 Å². The zero-order valence-electron chi connectivity index (χ0n) is 18.4. The van der Waals surface area contributed by atoms with Gasteiger partial charge in [0.1, 0.15) is 18.0 Å². The Morgan fingerprint density at radius 2 is 1.94 bits per heavy atom. The van der Waals surface area contributed by atoms with Crippen LogP contribution in [0.5, 0.6) is 11.5 Å². The van der Waals surface area contributed by atoms with E-state index < -0.39 is 17.9 Å². The lowest BCUT2D eigenvalue weighted by atomic mass is 9.88. The molecule has 7 heteroatoms. The summed E-state index contributed by atoms with van der Waals surface area (Å²) in [5, 5.41) is 10.4. The third kappa shape index (κ3) is 5.53. The molecule has 6 nitrogen and oxygen atoms in total. The van der Waals surface area contributed by atoms with Crippen LogP contribution in [0.3, 0.4) is 0 Å². The molecule has 0 amide bonds. The number of hydrogen-bond donors (Lipinski definition) is 1. The van der Waals surface area contributed by atoms with Crippen molar-refractivity contribution >= 4 is 17.8 Å². The summed E-state index contributed by atoms with van der Waals surface area (Å²) in [5.74, 6) is -0.0933. The molecule has 170 valence electrons. The van der Waals surface area contributed by atoms with Crippen LogP contribution in [0.25, 0.3) is 17.2 Å². The quantitative estimate of drug-likeness (QED) is 0.450. The normalized spacial score (nSPS) is 13.6. The average Bonchev–Trinajstić information content (AvgIpc) is 3.20. The van der Waals surface area contributed by atoms with Crippen LogP contribution in [-0.4, -0.2) is 36.4 Å². The van der Waals surface area contributed by atoms with Crippen molar-refractivity contribution in [3.63, 3.8) is 0 Å². The summed E-state index contributed by atoms with van der Waals surface area (Å²) in [6.45, 7) is 6.00. The van der Waals surface area contributed by atoms with Gasteiger partial charge in [0.15, 0.2) is 11.5 Å². The number of fused-ring (bicyclic) bond motifs is 1. The number of carbonyl (C=O) groups excluding carboxylic acids is 2. The van der Waals surface area contributed by atoms with Gasteiger partial charge < -0.3 is 19.3 Å². The van der Waals surface area contributed by atoms with Gasteiger partial charge in [-0.1, -0.05) is 38.1 Å². The van der Waals surface area contributed by atoms with Crippen molar-refractivity contribution in [1.29, 1.82) is 0 Å². The number of halogens is 1. The highest BCUT2D eigenvalue weighted by Crippen LogP contribution is 2.47. The van der Waals surface area contributed by atoms with Gasteiger partial charge in [0, 0.05) is 12.0 Å². The lowest BCUT2D eigenvalue weighted by Crippen LogP contribution is -2.16. The fraction of sp³-hybridized carbons (Fsp3) is 0.360. The first-order valence-corrected chi connectivity index (χ1v) is 10.6. The molecule has 1 N–H and O–H groups in total. The molecule has 0 fully saturated rings. The molecule has 32 heavy (non-hydrogen) atoms. The summed E-state index contributed by atoms with van der Waals surface area (Å²) in [7, 11) is 0. The SMILES string of the molecule is CCOC(=O)CC(=O)CC(O)/C=C/c1c(C(C)C)cc2c(c1-c1ccc(F)cc1)OCO2. The highest BCUT2D eigenvalue weighted by molar-refractivity contribution is 5.96. The van der Waals surface area contributed by atoms with E-state index >= 15 is 0 Å². The first kappa shape index (κ1) is 23.5. The van der Waals surface area contributed by atoms with E-state index in [1.807, 2.05) is 19.9 Å². The second-order valence-corrected chi connectivity index (χ2v) is 7.80. The molecule has 0 radical (unpaired) electrons. The molecular weight excluding hydrogens is 415 g/mol. The number of aliphatic hydroxyl groups excluding tert-OH is 1. The Bertz CT molecular complexity index is 1010. The zero-order valence-corrected chi connectivity index (χ0v) is 18.4. The summed E-state index contributed by atoms with van der Waals surface area (Å²) in [6, 6.07) is 7.96. The number of benzene rings is 2. The van der Waals surface area contributed by atoms with Crippen LogP contribution >= 0.6 is 0 Å². The highest BCUT2D eigenvalue weighted by atomic mass is 19.1. The number of aliphatic hydroxyl groups is 1. The molecule has 1 heterocycles. The van der Waals surface area contributed by atoms with Gasteiger partial charge in [0.25, 0.3) is 0 Å². The topological polar surface area (TPSA) is 82.1 Å². The molecule has 0 spiro atoms. The van der Waals surface area contributed by atoms with E-state index in [0.29, 0.717) is 11.5 Å². The van der Waals surface area contributed by atoms with Crippen molar-refractivity contribution in [1.82, 2.24) is 0 Å². The van der Waals surface area contributed by atoms with Gasteiger partial charge in [-0.2, -0.15) is 0 Å². The minimum atomic E-state index is -1.08. The maximum absolute atomic E-state index is 13.5. The van der Waals surface area contributed by atoms with Gasteiger partial charge in [0.05, 0.1) is 12.7 Å². The Labute approximate surface area is 186 Å². The molecule has 0 aromatic heterocycles. The molecule has 0 bridgehead atoms. The molecule has 1 aliphatic rings. The fourth-order valence-electron chi connectivity index (χ4n) is 3.59. The first-order chi connectivity index (χ1) is 15.3. The zero-order chi connectivity index (χ0) is 23.3. The predicted molar refractivity (Wildman–Crippen MR) is 118 cm³/mol. The van der Waals surface area contributed by atoms with E-state index in [0.717, 1.165) is 22.3 Å². The third-order valence-electron chi connectivity index (χ3n) is 5.06. The molecule has 2 aromatic rings. The van der Waals surface area contributed by atoms with E-state index in [1.54, 1.807) is 25.1 Å². The van der Waals surface area contributed by atoms with Crippen LogP contribution < -0.4 is 9.47 Å². The van der Waals surface area contributed by atoms with Gasteiger partial charge in [-0.25, -0.2) is 4.39 Å². The van der Waals surface area contributed by atoms with E-state index in [9.17, 15) is 19.1 Å². The maximum Gasteiger partial charge on any atom is 0.313 e. The largest absolute Gasteiger partial charge is 0.466 e. The fourth-order valence-corrected chi connectivity index (χ4v) is 3.59. The number of Topliss-reactive ketones (excluding diaryl/α,β-unsaturated/α-hetero) is 1. The van der Waals surface area contributed by atoms with Crippen molar-refractivity contribution in [3.05, 3.63) is 53.4 Å². The van der Waals surface area contributed by atoms with E-state index in [-0.39, 0.29) is 38.0 Å². The Morgan fingerprint density at radius 3 is 2.59 bits per heavy atom. The van der Waals surface area contributed by atoms with Crippen molar-refractivity contribution in [2.24, 2.45) is 0 Å². The summed E-state index contributed by atoms with van der Waals surface area (Å²) in [5.41, 5.74) is 3.20. The number of ether oxygens (including phenoxy) is 3.